The van der Waals surface area contributed by atoms with Gasteiger partial charge in [-0.05, 0) is 37.1 Å². The molecule has 0 aliphatic carbocycles. The molecule has 2 rings (SSSR count). The standard InChI is InChI=1S/C10H9NO2S/c1-6-3-4-8(5-7(6)2)9-11-14-10(12)13-9/h3-5H,1-2H3. The first-order valence-electron chi connectivity index (χ1n) is 4.21. The van der Waals surface area contributed by atoms with Gasteiger partial charge in [0, 0.05) is 5.56 Å². The fourth-order valence-electron chi connectivity index (χ4n) is 1.18. The van der Waals surface area contributed by atoms with Crippen LogP contribution in [0.1, 0.15) is 11.1 Å². The van der Waals surface area contributed by atoms with E-state index in [1.54, 1.807) is 0 Å². The Hall–Kier alpha value is -1.42. The molecule has 0 fully saturated rings. The number of hydrogen-bond acceptors (Lipinski definition) is 4. The van der Waals surface area contributed by atoms with Crippen molar-refractivity contribution in [1.29, 1.82) is 0 Å². The van der Waals surface area contributed by atoms with E-state index >= 15 is 0 Å². The SMILES string of the molecule is Cc1ccc(-c2nsc(=O)o2)cc1C. The Kier molecular flexibility index (Phi) is 2.21. The van der Waals surface area contributed by atoms with Gasteiger partial charge in [0.05, 0.1) is 11.5 Å². The lowest BCUT2D eigenvalue weighted by Crippen LogP contribution is -1.85. The fourth-order valence-corrected chi connectivity index (χ4v) is 1.60. The van der Waals surface area contributed by atoms with E-state index in [9.17, 15) is 4.79 Å². The summed E-state index contributed by atoms with van der Waals surface area (Å²) in [6.45, 7) is 4.06. The summed E-state index contributed by atoms with van der Waals surface area (Å²) < 4.78 is 8.84. The minimum Gasteiger partial charge on any atom is -0.394 e. The summed E-state index contributed by atoms with van der Waals surface area (Å²) in [5.41, 5.74) is 3.23. The Morgan fingerprint density at radius 1 is 1.29 bits per heavy atom. The van der Waals surface area contributed by atoms with Crippen LogP contribution < -0.4 is 4.94 Å². The second-order valence-corrected chi connectivity index (χ2v) is 3.84. The van der Waals surface area contributed by atoms with Crippen molar-refractivity contribution in [3.63, 3.8) is 0 Å². The average molecular weight is 207 g/mol. The van der Waals surface area contributed by atoms with Gasteiger partial charge >= 0.3 is 4.94 Å². The molecule has 1 aromatic heterocycles. The minimum absolute atomic E-state index is 0.363. The Bertz CT molecular complexity index is 513. The van der Waals surface area contributed by atoms with E-state index in [0.717, 1.165) is 22.7 Å². The average Bonchev–Trinajstić information content (AvgIpc) is 2.57. The molecule has 1 aromatic carbocycles. The summed E-state index contributed by atoms with van der Waals surface area (Å²) in [7, 11) is 0. The molecule has 2 aromatic rings. The first-order chi connectivity index (χ1) is 6.66. The van der Waals surface area contributed by atoms with Gasteiger partial charge < -0.3 is 4.42 Å². The molecule has 0 atom stereocenters. The normalized spacial score (nSPS) is 10.4. The molecule has 1 heterocycles. The topological polar surface area (TPSA) is 43.1 Å². The van der Waals surface area contributed by atoms with Gasteiger partial charge in [-0.15, -0.1) is 4.37 Å². The molecule has 4 heteroatoms. The number of benzene rings is 1. The number of aryl methyl sites for hydroxylation is 2. The first kappa shape index (κ1) is 9.15. The zero-order chi connectivity index (χ0) is 10.1. The Balaban J connectivity index is 2.52. The number of nitrogens with zero attached hydrogens (tertiary/aromatic N) is 1. The summed E-state index contributed by atoms with van der Waals surface area (Å²) in [4.78, 5) is 10.4. The van der Waals surface area contributed by atoms with E-state index in [1.807, 2.05) is 32.0 Å². The van der Waals surface area contributed by atoms with Gasteiger partial charge in [-0.1, -0.05) is 6.07 Å². The third-order valence-electron chi connectivity index (χ3n) is 2.14. The van der Waals surface area contributed by atoms with E-state index in [1.165, 1.54) is 5.56 Å². The van der Waals surface area contributed by atoms with Crippen molar-refractivity contribution in [3.8, 4) is 11.5 Å². The lowest BCUT2D eigenvalue weighted by molar-refractivity contribution is 0.543. The Morgan fingerprint density at radius 2 is 2.07 bits per heavy atom. The van der Waals surface area contributed by atoms with E-state index in [4.69, 9.17) is 4.42 Å². The van der Waals surface area contributed by atoms with Crippen LogP contribution in [0.3, 0.4) is 0 Å². The number of hydrogen-bond donors (Lipinski definition) is 0. The lowest BCUT2D eigenvalue weighted by atomic mass is 10.1. The van der Waals surface area contributed by atoms with Crippen molar-refractivity contribution in [3.05, 3.63) is 39.1 Å². The quantitative estimate of drug-likeness (QED) is 0.721. The molecule has 0 aliphatic rings. The molecule has 0 bridgehead atoms. The highest BCUT2D eigenvalue weighted by Crippen LogP contribution is 2.19. The maximum Gasteiger partial charge on any atom is 0.414 e. The van der Waals surface area contributed by atoms with Crippen molar-refractivity contribution >= 4 is 11.5 Å². The Labute approximate surface area is 85.2 Å². The maximum absolute atomic E-state index is 10.8. The Morgan fingerprint density at radius 3 is 2.64 bits per heavy atom. The van der Waals surface area contributed by atoms with Gasteiger partial charge in [0.15, 0.2) is 0 Å². The number of rotatable bonds is 1. The van der Waals surface area contributed by atoms with Gasteiger partial charge in [0.25, 0.3) is 0 Å². The molecule has 0 aliphatic heterocycles. The molecule has 0 radical (unpaired) electrons. The van der Waals surface area contributed by atoms with Crippen LogP contribution in [0.15, 0.2) is 27.4 Å². The molecule has 14 heavy (non-hydrogen) atoms. The fraction of sp³-hybridized carbons (Fsp3) is 0.200. The molecule has 0 spiro atoms. The molecule has 0 amide bonds. The highest BCUT2D eigenvalue weighted by molar-refractivity contribution is 7.02. The summed E-state index contributed by atoms with van der Waals surface area (Å²) in [5.74, 6) is 0.406. The predicted molar refractivity (Wildman–Crippen MR) is 55.6 cm³/mol. The molecule has 72 valence electrons. The second-order valence-electron chi connectivity index (χ2n) is 3.14. The second kappa shape index (κ2) is 3.38. The van der Waals surface area contributed by atoms with Crippen LogP contribution in [0.5, 0.6) is 0 Å². The van der Waals surface area contributed by atoms with Crippen molar-refractivity contribution in [1.82, 2.24) is 4.37 Å². The van der Waals surface area contributed by atoms with Gasteiger partial charge in [-0.25, -0.2) is 4.79 Å². The smallest absolute Gasteiger partial charge is 0.394 e. The van der Waals surface area contributed by atoms with Gasteiger partial charge in [-0.2, -0.15) is 0 Å². The van der Waals surface area contributed by atoms with Crippen molar-refractivity contribution in [2.24, 2.45) is 0 Å². The van der Waals surface area contributed by atoms with Gasteiger partial charge in [0.1, 0.15) is 0 Å². The summed E-state index contributed by atoms with van der Waals surface area (Å²) in [6, 6.07) is 5.86. The third-order valence-corrected chi connectivity index (χ3v) is 2.63. The van der Waals surface area contributed by atoms with E-state index in [2.05, 4.69) is 4.37 Å². The molecule has 0 saturated heterocycles. The lowest BCUT2D eigenvalue weighted by Gasteiger charge is -2.00. The van der Waals surface area contributed by atoms with Crippen LogP contribution >= 0.6 is 11.5 Å². The highest BCUT2D eigenvalue weighted by Gasteiger charge is 2.05. The summed E-state index contributed by atoms with van der Waals surface area (Å²) >= 11 is 0.837. The first-order valence-corrected chi connectivity index (χ1v) is 4.98. The molecule has 0 N–H and O–H groups in total. The van der Waals surface area contributed by atoms with E-state index in [0.29, 0.717) is 5.89 Å². The monoisotopic (exact) mass is 207 g/mol. The van der Waals surface area contributed by atoms with Crippen LogP contribution in [-0.2, 0) is 0 Å². The molecular formula is C10H9NO2S. The zero-order valence-corrected chi connectivity index (χ0v) is 8.72. The van der Waals surface area contributed by atoms with Crippen LogP contribution in [0, 0.1) is 13.8 Å². The summed E-state index contributed by atoms with van der Waals surface area (Å²) in [6.07, 6.45) is 0. The molecule has 3 nitrogen and oxygen atoms in total. The van der Waals surface area contributed by atoms with Crippen LogP contribution in [-0.4, -0.2) is 4.37 Å². The third kappa shape index (κ3) is 1.61. The highest BCUT2D eigenvalue weighted by atomic mass is 32.1. The van der Waals surface area contributed by atoms with E-state index in [-0.39, 0.29) is 4.94 Å². The maximum atomic E-state index is 10.8. The van der Waals surface area contributed by atoms with Crippen LogP contribution in [0.4, 0.5) is 0 Å². The largest absolute Gasteiger partial charge is 0.414 e. The van der Waals surface area contributed by atoms with Crippen molar-refractivity contribution in [2.75, 3.05) is 0 Å². The summed E-state index contributed by atoms with van der Waals surface area (Å²) in [5, 5.41) is 0. The minimum atomic E-state index is -0.363. The van der Waals surface area contributed by atoms with Gasteiger partial charge in [0.2, 0.25) is 5.89 Å². The molecular weight excluding hydrogens is 198 g/mol. The zero-order valence-electron chi connectivity index (χ0n) is 7.90. The van der Waals surface area contributed by atoms with Crippen molar-refractivity contribution in [2.45, 2.75) is 13.8 Å². The molecule has 0 saturated carbocycles. The molecule has 0 unspecified atom stereocenters. The van der Waals surface area contributed by atoms with Gasteiger partial charge in [-0.3, -0.25) is 0 Å². The number of aromatic nitrogens is 1. The van der Waals surface area contributed by atoms with E-state index < -0.39 is 0 Å². The van der Waals surface area contributed by atoms with Crippen LogP contribution in [0.2, 0.25) is 0 Å². The van der Waals surface area contributed by atoms with Crippen LogP contribution in [0.25, 0.3) is 11.5 Å². The van der Waals surface area contributed by atoms with Crippen molar-refractivity contribution < 1.29 is 4.42 Å². The predicted octanol–water partition coefficient (Wildman–Crippen LogP) is 2.38.